The molecule has 0 radical (unpaired) electrons. The highest BCUT2D eigenvalue weighted by Crippen LogP contribution is 2.14. The van der Waals surface area contributed by atoms with Crippen molar-refractivity contribution in [1.29, 1.82) is 5.26 Å². The predicted molar refractivity (Wildman–Crippen MR) is 67.5 cm³/mol. The average Bonchev–Trinajstić information content (AvgIpc) is 2.82. The SMILES string of the molecule is N#Cc1ccccc1S(=O)(=O)NCC1CCC(=O)N1. The summed E-state index contributed by atoms with van der Waals surface area (Å²) in [5.41, 5.74) is 0.102. The fraction of sp³-hybridized carbons (Fsp3) is 0.333. The summed E-state index contributed by atoms with van der Waals surface area (Å²) in [5.74, 6) is -0.0679. The molecule has 1 amide bonds. The number of nitrogens with zero attached hydrogens (tertiary/aromatic N) is 1. The van der Waals surface area contributed by atoms with E-state index in [2.05, 4.69) is 10.0 Å². The molecular weight excluding hydrogens is 266 g/mol. The Balaban J connectivity index is 2.10. The van der Waals surface area contributed by atoms with Crippen LogP contribution >= 0.6 is 0 Å². The Bertz CT molecular complexity index is 634. The lowest BCUT2D eigenvalue weighted by Crippen LogP contribution is -2.38. The van der Waals surface area contributed by atoms with Crippen molar-refractivity contribution in [1.82, 2.24) is 10.0 Å². The monoisotopic (exact) mass is 279 g/mol. The van der Waals surface area contributed by atoms with Gasteiger partial charge in [-0.15, -0.1) is 0 Å². The zero-order valence-electron chi connectivity index (χ0n) is 10.1. The van der Waals surface area contributed by atoms with Gasteiger partial charge in [0.25, 0.3) is 0 Å². The molecule has 0 saturated carbocycles. The third kappa shape index (κ3) is 3.10. The average molecular weight is 279 g/mol. The Kier molecular flexibility index (Phi) is 3.83. The van der Waals surface area contributed by atoms with Crippen LogP contribution in [0.1, 0.15) is 18.4 Å². The molecule has 1 saturated heterocycles. The lowest BCUT2D eigenvalue weighted by atomic mass is 10.2. The fourth-order valence-electron chi connectivity index (χ4n) is 1.91. The molecule has 1 aliphatic heterocycles. The van der Waals surface area contributed by atoms with E-state index < -0.39 is 10.0 Å². The minimum atomic E-state index is -3.73. The molecule has 7 heteroatoms. The molecule has 1 aromatic rings. The number of nitrogens with one attached hydrogen (secondary N) is 2. The Morgan fingerprint density at radius 3 is 2.79 bits per heavy atom. The molecule has 1 unspecified atom stereocenters. The maximum absolute atomic E-state index is 12.1. The van der Waals surface area contributed by atoms with Crippen molar-refractivity contribution >= 4 is 15.9 Å². The van der Waals surface area contributed by atoms with Gasteiger partial charge in [-0.3, -0.25) is 4.79 Å². The smallest absolute Gasteiger partial charge is 0.241 e. The van der Waals surface area contributed by atoms with Gasteiger partial charge in [-0.2, -0.15) is 5.26 Å². The highest BCUT2D eigenvalue weighted by molar-refractivity contribution is 7.89. The largest absolute Gasteiger partial charge is 0.352 e. The molecule has 0 aromatic heterocycles. The van der Waals surface area contributed by atoms with Crippen LogP contribution in [0.4, 0.5) is 0 Å². The summed E-state index contributed by atoms with van der Waals surface area (Å²) in [6.07, 6.45) is 1.03. The fourth-order valence-corrected chi connectivity index (χ4v) is 3.15. The number of sulfonamides is 1. The van der Waals surface area contributed by atoms with Crippen LogP contribution in [-0.2, 0) is 14.8 Å². The first-order valence-corrected chi connectivity index (χ1v) is 7.29. The highest BCUT2D eigenvalue weighted by Gasteiger charge is 2.24. The summed E-state index contributed by atoms with van der Waals surface area (Å²) in [5, 5.41) is 11.6. The summed E-state index contributed by atoms with van der Waals surface area (Å²) in [6, 6.07) is 7.67. The second-order valence-corrected chi connectivity index (χ2v) is 6.00. The molecule has 1 atom stereocenters. The molecule has 0 bridgehead atoms. The molecule has 1 heterocycles. The summed E-state index contributed by atoms with van der Waals surface area (Å²) in [4.78, 5) is 11.0. The zero-order chi connectivity index (χ0) is 13.9. The summed E-state index contributed by atoms with van der Waals surface area (Å²) >= 11 is 0. The maximum Gasteiger partial charge on any atom is 0.241 e. The summed E-state index contributed by atoms with van der Waals surface area (Å²) in [6.45, 7) is 0.133. The Labute approximate surface area is 111 Å². The van der Waals surface area contributed by atoms with Crippen LogP contribution in [0, 0.1) is 11.3 Å². The van der Waals surface area contributed by atoms with E-state index in [0.29, 0.717) is 12.8 Å². The van der Waals surface area contributed by atoms with Crippen LogP contribution in [0.3, 0.4) is 0 Å². The Morgan fingerprint density at radius 1 is 1.42 bits per heavy atom. The number of hydrogen-bond donors (Lipinski definition) is 2. The van der Waals surface area contributed by atoms with E-state index in [1.807, 2.05) is 6.07 Å². The van der Waals surface area contributed by atoms with Gasteiger partial charge >= 0.3 is 0 Å². The third-order valence-electron chi connectivity index (χ3n) is 2.90. The second-order valence-electron chi connectivity index (χ2n) is 4.26. The van der Waals surface area contributed by atoms with Crippen LogP contribution in [-0.4, -0.2) is 26.9 Å². The lowest BCUT2D eigenvalue weighted by molar-refractivity contribution is -0.119. The van der Waals surface area contributed by atoms with Crippen LogP contribution in [0.15, 0.2) is 29.2 Å². The third-order valence-corrected chi connectivity index (χ3v) is 4.38. The van der Waals surface area contributed by atoms with Gasteiger partial charge in [0.15, 0.2) is 0 Å². The van der Waals surface area contributed by atoms with Gasteiger partial charge in [-0.05, 0) is 18.6 Å². The first-order chi connectivity index (χ1) is 9.03. The number of hydrogen-bond acceptors (Lipinski definition) is 4. The van der Waals surface area contributed by atoms with Gasteiger partial charge in [0.05, 0.1) is 10.5 Å². The minimum Gasteiger partial charge on any atom is -0.352 e. The number of carbonyl (C=O) groups excluding carboxylic acids is 1. The van der Waals surface area contributed by atoms with E-state index in [-0.39, 0.29) is 29.0 Å². The van der Waals surface area contributed by atoms with Crippen LogP contribution in [0.2, 0.25) is 0 Å². The molecule has 2 N–H and O–H groups in total. The summed E-state index contributed by atoms with van der Waals surface area (Å²) < 4.78 is 26.6. The second kappa shape index (κ2) is 5.38. The number of benzene rings is 1. The van der Waals surface area contributed by atoms with Crippen LogP contribution in [0.25, 0.3) is 0 Å². The van der Waals surface area contributed by atoms with Crippen molar-refractivity contribution in [3.8, 4) is 6.07 Å². The molecule has 1 aromatic carbocycles. The van der Waals surface area contributed by atoms with Gasteiger partial charge in [0.2, 0.25) is 15.9 Å². The van der Waals surface area contributed by atoms with E-state index in [1.165, 1.54) is 12.1 Å². The van der Waals surface area contributed by atoms with Crippen molar-refractivity contribution in [2.24, 2.45) is 0 Å². The standard InChI is InChI=1S/C12H13N3O3S/c13-7-9-3-1-2-4-11(9)19(17,18)14-8-10-5-6-12(16)15-10/h1-4,10,14H,5-6,8H2,(H,15,16). The van der Waals surface area contributed by atoms with E-state index >= 15 is 0 Å². The van der Waals surface area contributed by atoms with Crippen molar-refractivity contribution < 1.29 is 13.2 Å². The molecule has 19 heavy (non-hydrogen) atoms. The Morgan fingerprint density at radius 2 is 2.16 bits per heavy atom. The van der Waals surface area contributed by atoms with E-state index in [0.717, 1.165) is 0 Å². The number of amides is 1. The highest BCUT2D eigenvalue weighted by atomic mass is 32.2. The first-order valence-electron chi connectivity index (χ1n) is 5.81. The van der Waals surface area contributed by atoms with Gasteiger partial charge < -0.3 is 5.32 Å². The molecule has 6 nitrogen and oxygen atoms in total. The van der Waals surface area contributed by atoms with Crippen LogP contribution < -0.4 is 10.0 Å². The first kappa shape index (κ1) is 13.5. The van der Waals surface area contributed by atoms with Gasteiger partial charge in [-0.25, -0.2) is 13.1 Å². The minimum absolute atomic E-state index is 0.0400. The van der Waals surface area contributed by atoms with E-state index in [9.17, 15) is 13.2 Å². The number of rotatable bonds is 4. The normalized spacial score (nSPS) is 18.9. The van der Waals surface area contributed by atoms with Crippen molar-refractivity contribution in [3.63, 3.8) is 0 Å². The Hall–Kier alpha value is -1.91. The van der Waals surface area contributed by atoms with E-state index in [1.54, 1.807) is 12.1 Å². The number of nitriles is 1. The molecule has 2 rings (SSSR count). The zero-order valence-corrected chi connectivity index (χ0v) is 10.9. The lowest BCUT2D eigenvalue weighted by Gasteiger charge is -2.12. The maximum atomic E-state index is 12.1. The number of carbonyl (C=O) groups is 1. The molecule has 1 fully saturated rings. The molecule has 1 aliphatic rings. The van der Waals surface area contributed by atoms with Crippen molar-refractivity contribution in [2.75, 3.05) is 6.54 Å². The summed E-state index contributed by atoms with van der Waals surface area (Å²) in [7, 11) is -3.73. The quantitative estimate of drug-likeness (QED) is 0.817. The molecular formula is C12H13N3O3S. The van der Waals surface area contributed by atoms with Crippen LogP contribution in [0.5, 0.6) is 0 Å². The van der Waals surface area contributed by atoms with Crippen molar-refractivity contribution in [2.45, 2.75) is 23.8 Å². The van der Waals surface area contributed by atoms with Gasteiger partial charge in [-0.1, -0.05) is 12.1 Å². The molecule has 0 spiro atoms. The predicted octanol–water partition coefficient (Wildman–Crippen LogP) is 0.115. The molecule has 0 aliphatic carbocycles. The van der Waals surface area contributed by atoms with E-state index in [4.69, 9.17) is 5.26 Å². The van der Waals surface area contributed by atoms with Gasteiger partial charge in [0, 0.05) is 19.0 Å². The molecule has 100 valence electrons. The topological polar surface area (TPSA) is 99.1 Å². The van der Waals surface area contributed by atoms with Crippen molar-refractivity contribution in [3.05, 3.63) is 29.8 Å². The van der Waals surface area contributed by atoms with Gasteiger partial charge in [0.1, 0.15) is 6.07 Å².